The van der Waals surface area contributed by atoms with E-state index in [0.29, 0.717) is 16.3 Å². The first-order chi connectivity index (χ1) is 12.4. The predicted octanol–water partition coefficient (Wildman–Crippen LogP) is 3.10. The fourth-order valence-corrected chi connectivity index (χ4v) is 6.70. The molecule has 1 aromatic carbocycles. The number of aryl methyl sites for hydroxylation is 3. The fourth-order valence-electron chi connectivity index (χ4n) is 4.47. The number of rotatable bonds is 4. The molecular formula is C19H25N3O3S. The molecule has 2 aliphatic heterocycles. The van der Waals surface area contributed by atoms with Gasteiger partial charge in [0.15, 0.2) is 0 Å². The summed E-state index contributed by atoms with van der Waals surface area (Å²) in [5.74, 6) is 0.898. The second-order valence-electron chi connectivity index (χ2n) is 7.46. The molecule has 0 aliphatic carbocycles. The number of aromatic nitrogens is 2. The van der Waals surface area contributed by atoms with Crippen LogP contribution in [0, 0.1) is 20.8 Å². The number of hydrogen-bond donors (Lipinski definition) is 1. The summed E-state index contributed by atoms with van der Waals surface area (Å²) in [7, 11) is -3.54. The third-order valence-corrected chi connectivity index (χ3v) is 7.87. The zero-order valence-corrected chi connectivity index (χ0v) is 16.2. The number of hydrogen-bond acceptors (Lipinski definition) is 4. The number of nitrogens with zero attached hydrogens (tertiary/aromatic N) is 2. The second kappa shape index (κ2) is 6.39. The van der Waals surface area contributed by atoms with Crippen LogP contribution in [0.5, 0.6) is 5.75 Å². The highest BCUT2D eigenvalue weighted by Gasteiger charge is 2.48. The molecule has 0 amide bonds. The van der Waals surface area contributed by atoms with Crippen molar-refractivity contribution in [2.24, 2.45) is 0 Å². The molecule has 1 aromatic heterocycles. The molecule has 26 heavy (non-hydrogen) atoms. The third kappa shape index (κ3) is 2.83. The van der Waals surface area contributed by atoms with Crippen LogP contribution >= 0.6 is 0 Å². The van der Waals surface area contributed by atoms with E-state index >= 15 is 0 Å². The first kappa shape index (κ1) is 17.5. The van der Waals surface area contributed by atoms with Gasteiger partial charge in [0.25, 0.3) is 0 Å². The standard InChI is InChI=1S/C19H25N3O3S/c1-12-6-4-5-7-18(12)25-17-10-15-8-9-16(11-17)22(15)26(23,24)19-13(2)20-21-14(19)3/h4-7,15-17H,8-11H2,1-3H3,(H,20,21)/t15-,16+,17?. The maximum atomic E-state index is 13.3. The van der Waals surface area contributed by atoms with Gasteiger partial charge in [-0.15, -0.1) is 0 Å². The maximum absolute atomic E-state index is 13.3. The smallest absolute Gasteiger partial charge is 0.247 e. The Morgan fingerprint density at radius 2 is 1.77 bits per heavy atom. The zero-order valence-electron chi connectivity index (χ0n) is 15.4. The summed E-state index contributed by atoms with van der Waals surface area (Å²) in [5, 5.41) is 6.87. The molecule has 4 rings (SSSR count). The molecule has 6 nitrogen and oxygen atoms in total. The molecule has 1 N–H and O–H groups in total. The van der Waals surface area contributed by atoms with Crippen LogP contribution in [0.15, 0.2) is 29.2 Å². The van der Waals surface area contributed by atoms with Crippen LogP contribution in [0.4, 0.5) is 0 Å². The van der Waals surface area contributed by atoms with Crippen LogP contribution in [0.1, 0.15) is 42.6 Å². The minimum Gasteiger partial charge on any atom is -0.490 e. The van der Waals surface area contributed by atoms with Crippen molar-refractivity contribution in [1.29, 1.82) is 0 Å². The number of aromatic amines is 1. The average molecular weight is 375 g/mol. The molecular weight excluding hydrogens is 350 g/mol. The van der Waals surface area contributed by atoms with Crippen molar-refractivity contribution in [3.05, 3.63) is 41.2 Å². The number of ether oxygens (including phenoxy) is 1. The van der Waals surface area contributed by atoms with Crippen molar-refractivity contribution in [1.82, 2.24) is 14.5 Å². The van der Waals surface area contributed by atoms with E-state index in [1.165, 1.54) is 0 Å². The molecule has 3 heterocycles. The highest BCUT2D eigenvalue weighted by molar-refractivity contribution is 7.89. The van der Waals surface area contributed by atoms with E-state index in [1.807, 2.05) is 31.2 Å². The fraction of sp³-hybridized carbons (Fsp3) is 0.526. The Kier molecular flexibility index (Phi) is 4.31. The predicted molar refractivity (Wildman–Crippen MR) is 98.7 cm³/mol. The third-order valence-electron chi connectivity index (χ3n) is 5.61. The van der Waals surface area contributed by atoms with E-state index in [4.69, 9.17) is 4.74 Å². The maximum Gasteiger partial charge on any atom is 0.247 e. The van der Waals surface area contributed by atoms with Crippen molar-refractivity contribution in [2.75, 3.05) is 0 Å². The molecule has 0 spiro atoms. The van der Waals surface area contributed by atoms with Gasteiger partial charge in [-0.2, -0.15) is 9.40 Å². The van der Waals surface area contributed by atoms with Crippen molar-refractivity contribution in [3.63, 3.8) is 0 Å². The summed E-state index contributed by atoms with van der Waals surface area (Å²) in [6, 6.07) is 7.99. The number of sulfonamides is 1. The molecule has 2 aromatic rings. The highest BCUT2D eigenvalue weighted by Crippen LogP contribution is 2.41. The number of nitrogens with one attached hydrogen (secondary N) is 1. The van der Waals surface area contributed by atoms with E-state index in [-0.39, 0.29) is 18.2 Å². The summed E-state index contributed by atoms with van der Waals surface area (Å²) in [6.07, 6.45) is 3.33. The van der Waals surface area contributed by atoms with Gasteiger partial charge in [0.2, 0.25) is 10.0 Å². The van der Waals surface area contributed by atoms with Gasteiger partial charge in [-0.25, -0.2) is 8.42 Å². The Bertz CT molecular complexity index is 888. The number of benzene rings is 1. The van der Waals surface area contributed by atoms with E-state index in [2.05, 4.69) is 10.2 Å². The van der Waals surface area contributed by atoms with Gasteiger partial charge in [-0.05, 0) is 45.2 Å². The number of piperidine rings is 1. The van der Waals surface area contributed by atoms with E-state index in [1.54, 1.807) is 18.2 Å². The normalized spacial score (nSPS) is 26.2. The molecule has 3 atom stereocenters. The van der Waals surface area contributed by atoms with Gasteiger partial charge in [-0.3, -0.25) is 5.10 Å². The quantitative estimate of drug-likeness (QED) is 0.891. The Morgan fingerprint density at radius 1 is 1.12 bits per heavy atom. The Balaban J connectivity index is 1.57. The molecule has 2 bridgehead atoms. The van der Waals surface area contributed by atoms with E-state index in [9.17, 15) is 8.42 Å². The summed E-state index contributed by atoms with van der Waals surface area (Å²) >= 11 is 0. The van der Waals surface area contributed by atoms with Gasteiger partial charge in [0, 0.05) is 24.9 Å². The summed E-state index contributed by atoms with van der Waals surface area (Å²) in [4.78, 5) is 0.340. The lowest BCUT2D eigenvalue weighted by Crippen LogP contribution is -2.49. The second-order valence-corrected chi connectivity index (χ2v) is 9.24. The van der Waals surface area contributed by atoms with Crippen LogP contribution in [0.3, 0.4) is 0 Å². The molecule has 0 radical (unpaired) electrons. The van der Waals surface area contributed by atoms with Crippen molar-refractivity contribution in [2.45, 2.75) is 69.5 Å². The number of para-hydroxylation sites is 1. The minimum atomic E-state index is -3.54. The monoisotopic (exact) mass is 375 g/mol. The lowest BCUT2D eigenvalue weighted by atomic mass is 10.0. The molecule has 1 unspecified atom stereocenters. The van der Waals surface area contributed by atoms with Gasteiger partial charge in [-0.1, -0.05) is 18.2 Å². The van der Waals surface area contributed by atoms with Crippen LogP contribution in [0.2, 0.25) is 0 Å². The highest BCUT2D eigenvalue weighted by atomic mass is 32.2. The van der Waals surface area contributed by atoms with Crippen molar-refractivity contribution in [3.8, 4) is 5.75 Å². The van der Waals surface area contributed by atoms with Gasteiger partial charge >= 0.3 is 0 Å². The van der Waals surface area contributed by atoms with Crippen LogP contribution < -0.4 is 4.74 Å². The number of fused-ring (bicyclic) bond motifs is 2. The molecule has 7 heteroatoms. The number of H-pyrrole nitrogens is 1. The molecule has 0 saturated carbocycles. The molecule has 140 valence electrons. The van der Waals surface area contributed by atoms with Crippen LogP contribution in [0.25, 0.3) is 0 Å². The Morgan fingerprint density at radius 3 is 2.35 bits per heavy atom. The van der Waals surface area contributed by atoms with Gasteiger partial charge in [0.1, 0.15) is 16.7 Å². The van der Waals surface area contributed by atoms with Crippen LogP contribution in [-0.2, 0) is 10.0 Å². The van der Waals surface area contributed by atoms with Crippen LogP contribution in [-0.4, -0.2) is 41.1 Å². The molecule has 2 saturated heterocycles. The van der Waals surface area contributed by atoms with Gasteiger partial charge < -0.3 is 4.74 Å². The lowest BCUT2D eigenvalue weighted by molar-refractivity contribution is 0.0950. The first-order valence-electron chi connectivity index (χ1n) is 9.15. The SMILES string of the molecule is Cc1ccccc1OC1C[C@H]2CC[C@@H](C1)N2S(=O)(=O)c1c(C)n[nH]c1C. The largest absolute Gasteiger partial charge is 0.490 e. The Hall–Kier alpha value is -1.86. The average Bonchev–Trinajstić information content (AvgIpc) is 3.07. The Labute approximate surface area is 154 Å². The van der Waals surface area contributed by atoms with Crippen molar-refractivity contribution < 1.29 is 13.2 Å². The minimum absolute atomic E-state index is 0.00136. The van der Waals surface area contributed by atoms with Crippen molar-refractivity contribution >= 4 is 10.0 Å². The molecule has 2 aliphatic rings. The van der Waals surface area contributed by atoms with E-state index in [0.717, 1.165) is 37.0 Å². The van der Waals surface area contributed by atoms with Gasteiger partial charge in [0.05, 0.1) is 11.4 Å². The zero-order chi connectivity index (χ0) is 18.5. The first-order valence-corrected chi connectivity index (χ1v) is 10.6. The summed E-state index contributed by atoms with van der Waals surface area (Å²) < 4.78 is 34.5. The van der Waals surface area contributed by atoms with E-state index < -0.39 is 10.0 Å². The lowest BCUT2D eigenvalue weighted by Gasteiger charge is -2.38. The summed E-state index contributed by atoms with van der Waals surface area (Å²) in [6.45, 7) is 5.54. The summed E-state index contributed by atoms with van der Waals surface area (Å²) in [5.41, 5.74) is 2.26. The topological polar surface area (TPSA) is 75.3 Å². The molecule has 2 fully saturated rings.